The normalized spacial score (nSPS) is 20.2. The van der Waals surface area contributed by atoms with Gasteiger partial charge in [-0.3, -0.25) is 4.98 Å². The highest BCUT2D eigenvalue weighted by Crippen LogP contribution is 2.22. The summed E-state index contributed by atoms with van der Waals surface area (Å²) >= 11 is 0. The van der Waals surface area contributed by atoms with E-state index >= 15 is 0 Å². The average Bonchev–Trinajstić information content (AvgIpc) is 2.73. The highest BCUT2D eigenvalue weighted by molar-refractivity contribution is 5.38. The van der Waals surface area contributed by atoms with Crippen LogP contribution in [-0.4, -0.2) is 28.6 Å². The van der Waals surface area contributed by atoms with E-state index in [-0.39, 0.29) is 0 Å². The van der Waals surface area contributed by atoms with Crippen LogP contribution >= 0.6 is 0 Å². The van der Waals surface area contributed by atoms with Gasteiger partial charge in [-0.15, -0.1) is 0 Å². The predicted octanol–water partition coefficient (Wildman–Crippen LogP) is 1.96. The summed E-state index contributed by atoms with van der Waals surface area (Å²) in [4.78, 5) is 11.3. The average molecular weight is 234 g/mol. The first-order chi connectivity index (χ1) is 8.16. The van der Waals surface area contributed by atoms with E-state index < -0.39 is 0 Å². The number of hydrogen-bond donors (Lipinski definition) is 1. The number of hydrogen-bond acceptors (Lipinski definition) is 4. The van der Waals surface area contributed by atoms with Crippen LogP contribution in [0, 0.1) is 0 Å². The molecule has 1 atom stereocenters. The fraction of sp³-hybridized carbons (Fsp3) is 0.692. The summed E-state index contributed by atoms with van der Waals surface area (Å²) in [6.07, 6.45) is 6.24. The standard InChI is InChI=1S/C13H22N4/c1-10(2)15-8-12-7-14-9-13(16-12)17-6-4-5-11(17)3/h7,9-11,15H,4-6,8H2,1-3H3. The van der Waals surface area contributed by atoms with E-state index in [0.29, 0.717) is 12.1 Å². The van der Waals surface area contributed by atoms with Crippen molar-refractivity contribution in [1.82, 2.24) is 15.3 Å². The Morgan fingerprint density at radius 1 is 1.47 bits per heavy atom. The van der Waals surface area contributed by atoms with Gasteiger partial charge in [0.2, 0.25) is 0 Å². The number of nitrogens with zero attached hydrogens (tertiary/aromatic N) is 3. The zero-order valence-electron chi connectivity index (χ0n) is 11.0. The van der Waals surface area contributed by atoms with Crippen molar-refractivity contribution in [3.63, 3.8) is 0 Å². The molecule has 0 aromatic carbocycles. The molecule has 94 valence electrons. The fourth-order valence-electron chi connectivity index (χ4n) is 2.20. The maximum atomic E-state index is 4.68. The second kappa shape index (κ2) is 5.45. The van der Waals surface area contributed by atoms with Gasteiger partial charge in [0.15, 0.2) is 0 Å². The molecule has 0 radical (unpaired) electrons. The topological polar surface area (TPSA) is 41.1 Å². The maximum absolute atomic E-state index is 4.68. The summed E-state index contributed by atoms with van der Waals surface area (Å²) in [5.41, 5.74) is 1.02. The van der Waals surface area contributed by atoms with Crippen LogP contribution in [0.5, 0.6) is 0 Å². The number of anilines is 1. The molecule has 0 saturated carbocycles. The summed E-state index contributed by atoms with van der Waals surface area (Å²) in [7, 11) is 0. The molecule has 1 fully saturated rings. The Balaban J connectivity index is 2.05. The lowest BCUT2D eigenvalue weighted by molar-refractivity contribution is 0.579. The van der Waals surface area contributed by atoms with Gasteiger partial charge in [0, 0.05) is 31.4 Å². The van der Waals surface area contributed by atoms with Gasteiger partial charge < -0.3 is 10.2 Å². The van der Waals surface area contributed by atoms with Crippen molar-refractivity contribution in [2.24, 2.45) is 0 Å². The van der Waals surface area contributed by atoms with Crippen molar-refractivity contribution in [2.45, 2.75) is 52.2 Å². The molecule has 1 aromatic rings. The maximum Gasteiger partial charge on any atom is 0.147 e. The van der Waals surface area contributed by atoms with Crippen LogP contribution in [0.1, 0.15) is 39.3 Å². The third kappa shape index (κ3) is 3.16. The molecular weight excluding hydrogens is 212 g/mol. The Morgan fingerprint density at radius 2 is 2.29 bits per heavy atom. The molecule has 1 saturated heterocycles. The largest absolute Gasteiger partial charge is 0.353 e. The molecule has 1 aliphatic heterocycles. The van der Waals surface area contributed by atoms with E-state index in [1.165, 1.54) is 12.8 Å². The molecule has 0 amide bonds. The zero-order valence-corrected chi connectivity index (χ0v) is 11.0. The third-order valence-corrected chi connectivity index (χ3v) is 3.21. The van der Waals surface area contributed by atoms with Crippen molar-refractivity contribution >= 4 is 5.82 Å². The van der Waals surface area contributed by atoms with E-state index in [2.05, 4.69) is 41.0 Å². The Kier molecular flexibility index (Phi) is 3.94. The van der Waals surface area contributed by atoms with Gasteiger partial charge in [0.05, 0.1) is 11.9 Å². The minimum absolute atomic E-state index is 0.478. The first-order valence-corrected chi connectivity index (χ1v) is 6.48. The Morgan fingerprint density at radius 3 is 2.94 bits per heavy atom. The highest BCUT2D eigenvalue weighted by atomic mass is 15.2. The molecule has 1 aliphatic rings. The molecule has 2 rings (SSSR count). The Bertz CT molecular complexity index is 364. The lowest BCUT2D eigenvalue weighted by Gasteiger charge is -2.22. The molecule has 1 unspecified atom stereocenters. The summed E-state index contributed by atoms with van der Waals surface area (Å²) in [6, 6.07) is 1.07. The molecule has 4 heteroatoms. The summed E-state index contributed by atoms with van der Waals surface area (Å²) in [5, 5.41) is 3.37. The van der Waals surface area contributed by atoms with Crippen molar-refractivity contribution in [2.75, 3.05) is 11.4 Å². The molecule has 2 heterocycles. The van der Waals surface area contributed by atoms with E-state index in [9.17, 15) is 0 Å². The quantitative estimate of drug-likeness (QED) is 0.864. The molecule has 1 N–H and O–H groups in total. The second-order valence-corrected chi connectivity index (χ2v) is 5.09. The van der Waals surface area contributed by atoms with Gasteiger partial charge in [-0.2, -0.15) is 0 Å². The SMILES string of the molecule is CC(C)NCc1cncc(N2CCCC2C)n1. The smallest absolute Gasteiger partial charge is 0.147 e. The van der Waals surface area contributed by atoms with Gasteiger partial charge in [-0.25, -0.2) is 4.98 Å². The van der Waals surface area contributed by atoms with Crippen molar-refractivity contribution in [1.29, 1.82) is 0 Å². The van der Waals surface area contributed by atoms with Crippen LogP contribution in [0.3, 0.4) is 0 Å². The number of nitrogens with one attached hydrogen (secondary N) is 1. The lowest BCUT2D eigenvalue weighted by atomic mass is 10.2. The number of aromatic nitrogens is 2. The van der Waals surface area contributed by atoms with Gasteiger partial charge in [-0.05, 0) is 19.8 Å². The van der Waals surface area contributed by atoms with E-state index in [1.807, 2.05) is 12.4 Å². The van der Waals surface area contributed by atoms with Crippen LogP contribution < -0.4 is 10.2 Å². The van der Waals surface area contributed by atoms with Crippen LogP contribution in [-0.2, 0) is 6.54 Å². The number of rotatable bonds is 4. The summed E-state index contributed by atoms with van der Waals surface area (Å²) in [6.45, 7) is 8.44. The fourth-order valence-corrected chi connectivity index (χ4v) is 2.20. The van der Waals surface area contributed by atoms with Gasteiger partial charge in [0.25, 0.3) is 0 Å². The second-order valence-electron chi connectivity index (χ2n) is 5.09. The van der Waals surface area contributed by atoms with E-state index in [1.54, 1.807) is 0 Å². The Labute approximate surface area is 103 Å². The first-order valence-electron chi connectivity index (χ1n) is 6.48. The summed E-state index contributed by atoms with van der Waals surface area (Å²) < 4.78 is 0. The van der Waals surface area contributed by atoms with Gasteiger partial charge in [0.1, 0.15) is 5.82 Å². The van der Waals surface area contributed by atoms with Gasteiger partial charge in [-0.1, -0.05) is 13.8 Å². The molecule has 4 nitrogen and oxygen atoms in total. The van der Waals surface area contributed by atoms with Crippen LogP contribution in [0.15, 0.2) is 12.4 Å². The van der Waals surface area contributed by atoms with Gasteiger partial charge >= 0.3 is 0 Å². The minimum Gasteiger partial charge on any atom is -0.353 e. The van der Waals surface area contributed by atoms with Crippen molar-refractivity contribution in [3.8, 4) is 0 Å². The van der Waals surface area contributed by atoms with Crippen molar-refractivity contribution in [3.05, 3.63) is 18.1 Å². The summed E-state index contributed by atoms with van der Waals surface area (Å²) in [5.74, 6) is 1.03. The van der Waals surface area contributed by atoms with Crippen LogP contribution in [0.4, 0.5) is 5.82 Å². The van der Waals surface area contributed by atoms with Crippen LogP contribution in [0.25, 0.3) is 0 Å². The van der Waals surface area contributed by atoms with Crippen LogP contribution in [0.2, 0.25) is 0 Å². The highest BCUT2D eigenvalue weighted by Gasteiger charge is 2.21. The molecular formula is C13H22N4. The monoisotopic (exact) mass is 234 g/mol. The molecule has 1 aromatic heterocycles. The molecule has 0 spiro atoms. The third-order valence-electron chi connectivity index (χ3n) is 3.21. The Hall–Kier alpha value is -1.16. The minimum atomic E-state index is 0.478. The molecule has 17 heavy (non-hydrogen) atoms. The predicted molar refractivity (Wildman–Crippen MR) is 70.0 cm³/mol. The lowest BCUT2D eigenvalue weighted by Crippen LogP contribution is -2.28. The molecule has 0 aliphatic carbocycles. The van der Waals surface area contributed by atoms with E-state index in [0.717, 1.165) is 24.6 Å². The molecule has 0 bridgehead atoms. The van der Waals surface area contributed by atoms with E-state index in [4.69, 9.17) is 0 Å². The first kappa shape index (κ1) is 12.3. The zero-order chi connectivity index (χ0) is 12.3. The van der Waals surface area contributed by atoms with Crippen molar-refractivity contribution < 1.29 is 0 Å².